The maximum atomic E-state index is 13.5. The van der Waals surface area contributed by atoms with Gasteiger partial charge < -0.3 is 20.3 Å². The van der Waals surface area contributed by atoms with Gasteiger partial charge in [0.2, 0.25) is 22.7 Å². The van der Waals surface area contributed by atoms with Crippen LogP contribution in [-0.4, -0.2) is 57.6 Å². The monoisotopic (exact) mass is 350 g/mol. The van der Waals surface area contributed by atoms with Crippen molar-refractivity contribution in [1.29, 1.82) is 0 Å². The van der Waals surface area contributed by atoms with Gasteiger partial charge in [-0.05, 0) is 17.7 Å². The van der Waals surface area contributed by atoms with E-state index in [2.05, 4.69) is 10.1 Å². The van der Waals surface area contributed by atoms with Gasteiger partial charge in [0.15, 0.2) is 0 Å². The summed E-state index contributed by atoms with van der Waals surface area (Å²) in [5.74, 6) is -0.316. The van der Waals surface area contributed by atoms with Gasteiger partial charge in [-0.2, -0.15) is 4.74 Å². The average molecular weight is 350 g/mol. The van der Waals surface area contributed by atoms with Crippen LogP contribution >= 0.6 is 0 Å². The lowest BCUT2D eigenvalue weighted by Crippen LogP contribution is -2.63. The van der Waals surface area contributed by atoms with Crippen molar-refractivity contribution >= 4 is 5.71 Å². The third kappa shape index (κ3) is 1.76. The zero-order valence-corrected chi connectivity index (χ0v) is 14.0. The summed E-state index contributed by atoms with van der Waals surface area (Å²) in [5, 5.41) is 41.0. The minimum atomic E-state index is -1.51. The fourth-order valence-electron chi connectivity index (χ4n) is 5.57. The van der Waals surface area contributed by atoms with Gasteiger partial charge >= 0.3 is 0 Å². The highest BCUT2D eigenvalue weighted by Gasteiger charge is 2.73. The Morgan fingerprint density at radius 3 is 2.80 bits per heavy atom. The Morgan fingerprint density at radius 2 is 2.00 bits per heavy atom. The standard InChI is InChI=1S/C16H22N4O5/c21-16-12-3-1-2-6-15(12,18-7-9-24-10-8-18)19(22)13(16)5-4-11-14(16)17-25-20(11)23/h12,21H,1-10H2/t12-,15+,16-/m1/s1. The van der Waals surface area contributed by atoms with Crippen LogP contribution in [0.4, 0.5) is 0 Å². The van der Waals surface area contributed by atoms with E-state index in [1.165, 1.54) is 0 Å². The first-order valence-electron chi connectivity index (χ1n) is 9.08. The number of nitrogens with zero attached hydrogens (tertiary/aromatic N) is 4. The molecule has 0 amide bonds. The number of aromatic nitrogens is 2. The molecule has 25 heavy (non-hydrogen) atoms. The lowest BCUT2D eigenvalue weighted by atomic mass is 9.66. The maximum absolute atomic E-state index is 13.5. The van der Waals surface area contributed by atoms with Gasteiger partial charge in [-0.25, -0.2) is 4.90 Å². The molecule has 5 rings (SSSR count). The molecule has 2 fully saturated rings. The number of fused-ring (bicyclic) bond motifs is 5. The molecule has 2 aliphatic carbocycles. The molecule has 9 nitrogen and oxygen atoms in total. The molecule has 1 saturated heterocycles. The fraction of sp³-hybridized carbons (Fsp3) is 0.812. The van der Waals surface area contributed by atoms with Gasteiger partial charge in [0.25, 0.3) is 5.69 Å². The molecule has 0 radical (unpaired) electrons. The Labute approximate surface area is 144 Å². The van der Waals surface area contributed by atoms with Crippen LogP contribution in [-0.2, 0) is 16.8 Å². The number of ether oxygens (including phenoxy) is 1. The van der Waals surface area contributed by atoms with Crippen LogP contribution in [0.3, 0.4) is 0 Å². The predicted octanol–water partition coefficient (Wildman–Crippen LogP) is -0.375. The highest BCUT2D eigenvalue weighted by Crippen LogP contribution is 2.55. The Kier molecular flexibility index (Phi) is 3.20. The molecule has 1 N–H and O–H groups in total. The molecule has 0 aromatic carbocycles. The summed E-state index contributed by atoms with van der Waals surface area (Å²) >= 11 is 0. The first kappa shape index (κ1) is 15.5. The Balaban J connectivity index is 1.70. The van der Waals surface area contributed by atoms with Crippen LogP contribution in [0.15, 0.2) is 4.63 Å². The third-order valence-electron chi connectivity index (χ3n) is 6.61. The zero-order valence-electron chi connectivity index (χ0n) is 14.0. The van der Waals surface area contributed by atoms with Gasteiger partial charge in [-0.1, -0.05) is 6.42 Å². The molecule has 4 aliphatic rings. The van der Waals surface area contributed by atoms with Crippen LogP contribution in [0.25, 0.3) is 0 Å². The summed E-state index contributed by atoms with van der Waals surface area (Å²) in [7, 11) is 0. The number of hydroxylamine groups is 1. The van der Waals surface area contributed by atoms with Gasteiger partial charge in [-0.3, -0.25) is 4.63 Å². The van der Waals surface area contributed by atoms with Crippen molar-refractivity contribution in [2.75, 3.05) is 26.3 Å². The molecular formula is C16H22N4O5. The van der Waals surface area contributed by atoms with Gasteiger partial charge in [-0.15, -0.1) is 0 Å². The number of hydrogen-bond acceptors (Lipinski definition) is 7. The first-order chi connectivity index (χ1) is 12.1. The lowest BCUT2D eigenvalue weighted by molar-refractivity contribution is -0.808. The van der Waals surface area contributed by atoms with Crippen molar-refractivity contribution in [3.63, 3.8) is 0 Å². The topological polar surface area (TPSA) is 112 Å². The van der Waals surface area contributed by atoms with Gasteiger partial charge in [0.05, 0.1) is 19.1 Å². The Morgan fingerprint density at radius 1 is 1.20 bits per heavy atom. The lowest BCUT2D eigenvalue weighted by Gasteiger charge is -2.47. The van der Waals surface area contributed by atoms with E-state index in [1.807, 2.05) is 0 Å². The van der Waals surface area contributed by atoms with E-state index >= 15 is 0 Å². The SMILES string of the molecule is [O-][N+]1=C2CCc3c(no[n+]3[O-])[C@@]2(O)[C@@H]2CCCC[C@@]21N1CCOCC1. The predicted molar refractivity (Wildman–Crippen MR) is 83.4 cm³/mol. The third-order valence-corrected chi connectivity index (χ3v) is 6.61. The zero-order chi connectivity index (χ0) is 17.2. The van der Waals surface area contributed by atoms with Gasteiger partial charge in [0, 0.05) is 37.5 Å². The molecule has 3 heterocycles. The summed E-state index contributed by atoms with van der Waals surface area (Å²) in [6.45, 7) is 2.52. The molecular weight excluding hydrogens is 328 g/mol. The largest absolute Gasteiger partial charge is 0.622 e. The second kappa shape index (κ2) is 5.15. The molecule has 3 atom stereocenters. The quantitative estimate of drug-likeness (QED) is 0.543. The van der Waals surface area contributed by atoms with Crippen LogP contribution in [0, 0.1) is 16.3 Å². The van der Waals surface area contributed by atoms with Crippen LogP contribution in [0.5, 0.6) is 0 Å². The van der Waals surface area contributed by atoms with Crippen molar-refractivity contribution in [3.8, 4) is 0 Å². The van der Waals surface area contributed by atoms with E-state index in [9.17, 15) is 15.5 Å². The van der Waals surface area contributed by atoms with Crippen molar-refractivity contribution in [1.82, 2.24) is 10.1 Å². The summed E-state index contributed by atoms with van der Waals surface area (Å²) in [6.07, 6.45) is 4.05. The Bertz CT molecular complexity index is 743. The minimum Gasteiger partial charge on any atom is -0.622 e. The molecule has 2 aliphatic heterocycles. The number of hydrogen-bond donors (Lipinski definition) is 1. The molecule has 0 bridgehead atoms. The highest BCUT2D eigenvalue weighted by molar-refractivity contribution is 5.92. The molecule has 1 aromatic heterocycles. The highest BCUT2D eigenvalue weighted by atomic mass is 16.8. The number of rotatable bonds is 1. The van der Waals surface area contributed by atoms with E-state index < -0.39 is 11.3 Å². The molecule has 0 unspecified atom stereocenters. The van der Waals surface area contributed by atoms with Crippen LogP contribution in [0.1, 0.15) is 43.5 Å². The normalized spacial score (nSPS) is 38.4. The van der Waals surface area contributed by atoms with E-state index in [1.54, 1.807) is 0 Å². The maximum Gasteiger partial charge on any atom is 0.263 e. The number of aliphatic hydroxyl groups is 1. The van der Waals surface area contributed by atoms with Crippen LogP contribution < -0.4 is 4.90 Å². The molecule has 0 spiro atoms. The summed E-state index contributed by atoms with van der Waals surface area (Å²) in [5.41, 5.74) is -1.25. The smallest absolute Gasteiger partial charge is 0.263 e. The van der Waals surface area contributed by atoms with Crippen LogP contribution in [0.2, 0.25) is 0 Å². The summed E-state index contributed by atoms with van der Waals surface area (Å²) in [6, 6.07) is 0. The second-order valence-corrected chi connectivity index (χ2v) is 7.51. The van der Waals surface area contributed by atoms with Crippen molar-refractivity contribution in [2.24, 2.45) is 5.92 Å². The van der Waals surface area contributed by atoms with Crippen molar-refractivity contribution in [3.05, 3.63) is 21.8 Å². The van der Waals surface area contributed by atoms with Crippen molar-refractivity contribution in [2.45, 2.75) is 49.8 Å². The molecule has 1 aromatic rings. The summed E-state index contributed by atoms with van der Waals surface area (Å²) < 4.78 is 11.3. The van der Waals surface area contributed by atoms with E-state index in [4.69, 9.17) is 9.37 Å². The summed E-state index contributed by atoms with van der Waals surface area (Å²) in [4.78, 5) is 2.55. The fourth-order valence-corrected chi connectivity index (χ4v) is 5.57. The van der Waals surface area contributed by atoms with E-state index in [-0.39, 0.29) is 11.6 Å². The molecule has 1 saturated carbocycles. The first-order valence-corrected chi connectivity index (χ1v) is 9.08. The Hall–Kier alpha value is -1.71. The van der Waals surface area contributed by atoms with Crippen molar-refractivity contribution < 1.29 is 24.1 Å². The average Bonchev–Trinajstić information content (AvgIpc) is 3.12. The minimum absolute atomic E-state index is 0.242. The second-order valence-electron chi connectivity index (χ2n) is 7.51. The molecule has 136 valence electrons. The number of morpholine rings is 1. The molecule has 9 heteroatoms. The van der Waals surface area contributed by atoms with E-state index in [0.29, 0.717) is 61.9 Å². The van der Waals surface area contributed by atoms with Gasteiger partial charge in [0.1, 0.15) is 0 Å². The van der Waals surface area contributed by atoms with E-state index in [0.717, 1.165) is 24.0 Å².